The molecule has 0 unspecified atom stereocenters. The number of hydrogen-bond acceptors (Lipinski definition) is 4. The molecule has 0 saturated heterocycles. The predicted molar refractivity (Wildman–Crippen MR) is 43.7 cm³/mol. The van der Waals surface area contributed by atoms with Crippen molar-refractivity contribution in [3.05, 3.63) is 12.3 Å². The minimum Gasteiger partial charge on any atom is -0.262 e. The molecule has 2 aliphatic rings. The van der Waals surface area contributed by atoms with E-state index in [1.165, 1.54) is 0 Å². The van der Waals surface area contributed by atoms with Gasteiger partial charge in [-0.15, -0.1) is 0 Å². The van der Waals surface area contributed by atoms with Gasteiger partial charge in [-0.05, 0) is 0 Å². The minimum atomic E-state index is 0.930. The molecule has 2 rings (SSSR count). The van der Waals surface area contributed by atoms with Gasteiger partial charge in [0.1, 0.15) is 0 Å². The van der Waals surface area contributed by atoms with Crippen molar-refractivity contribution in [1.29, 1.82) is 0 Å². The molecule has 0 aromatic heterocycles. The zero-order valence-electron chi connectivity index (χ0n) is 5.58. The van der Waals surface area contributed by atoms with E-state index < -0.39 is 0 Å². The van der Waals surface area contributed by atoms with Crippen molar-refractivity contribution in [3.63, 3.8) is 0 Å². The van der Waals surface area contributed by atoms with Gasteiger partial charge in [-0.1, -0.05) is 17.8 Å². The Morgan fingerprint density at radius 3 is 3.30 bits per heavy atom. The molecular weight excluding hydrogens is 146 g/mol. The molecule has 2 heterocycles. The van der Waals surface area contributed by atoms with Crippen molar-refractivity contribution in [2.24, 2.45) is 4.99 Å². The van der Waals surface area contributed by atoms with Crippen LogP contribution in [0.1, 0.15) is 0 Å². The fourth-order valence-corrected chi connectivity index (χ4v) is 1.78. The van der Waals surface area contributed by atoms with E-state index >= 15 is 0 Å². The maximum Gasteiger partial charge on any atom is 0.178 e. The average molecular weight is 155 g/mol. The monoisotopic (exact) mass is 155 g/mol. The minimum absolute atomic E-state index is 0.930. The molecule has 0 saturated carbocycles. The van der Waals surface area contributed by atoms with Crippen LogP contribution in [0.25, 0.3) is 0 Å². The standard InChI is InChI=1S/C6H9N3S/c1-2-8-9(4-1)6-7-3-5-10-6/h1,4,8H,2-3,5H2. The summed E-state index contributed by atoms with van der Waals surface area (Å²) >= 11 is 1.80. The lowest BCUT2D eigenvalue weighted by Gasteiger charge is -2.13. The maximum absolute atomic E-state index is 4.31. The molecule has 54 valence electrons. The molecule has 0 spiro atoms. The van der Waals surface area contributed by atoms with Gasteiger partial charge in [0.05, 0.1) is 6.54 Å². The van der Waals surface area contributed by atoms with Crippen molar-refractivity contribution >= 4 is 16.9 Å². The molecule has 0 fully saturated rings. The molecule has 0 radical (unpaired) electrons. The summed E-state index contributed by atoms with van der Waals surface area (Å²) in [5.41, 5.74) is 3.17. The van der Waals surface area contributed by atoms with Gasteiger partial charge < -0.3 is 0 Å². The predicted octanol–water partition coefficient (Wildman–Crippen LogP) is 0.423. The Balaban J connectivity index is 2.04. The number of rotatable bonds is 0. The highest BCUT2D eigenvalue weighted by molar-refractivity contribution is 8.14. The van der Waals surface area contributed by atoms with E-state index in [0.717, 1.165) is 24.0 Å². The molecule has 0 aliphatic carbocycles. The third-order valence-electron chi connectivity index (χ3n) is 1.41. The summed E-state index contributed by atoms with van der Waals surface area (Å²) in [5.74, 6) is 1.13. The maximum atomic E-state index is 4.31. The van der Waals surface area contributed by atoms with E-state index in [9.17, 15) is 0 Å². The van der Waals surface area contributed by atoms with E-state index in [2.05, 4.69) is 16.5 Å². The van der Waals surface area contributed by atoms with E-state index in [4.69, 9.17) is 0 Å². The number of hydrogen-bond donors (Lipinski definition) is 1. The van der Waals surface area contributed by atoms with E-state index in [1.807, 2.05) is 11.2 Å². The topological polar surface area (TPSA) is 27.6 Å². The van der Waals surface area contributed by atoms with Crippen LogP contribution in [0.2, 0.25) is 0 Å². The van der Waals surface area contributed by atoms with Gasteiger partial charge in [-0.2, -0.15) is 0 Å². The fraction of sp³-hybridized carbons (Fsp3) is 0.500. The third-order valence-corrected chi connectivity index (χ3v) is 2.38. The Morgan fingerprint density at radius 2 is 2.70 bits per heavy atom. The lowest BCUT2D eigenvalue weighted by molar-refractivity contribution is 0.470. The lowest BCUT2D eigenvalue weighted by atomic mass is 10.7. The second-order valence-electron chi connectivity index (χ2n) is 2.13. The van der Waals surface area contributed by atoms with Gasteiger partial charge >= 0.3 is 0 Å². The Kier molecular flexibility index (Phi) is 1.65. The van der Waals surface area contributed by atoms with Gasteiger partial charge in [-0.3, -0.25) is 10.0 Å². The van der Waals surface area contributed by atoms with Gasteiger partial charge in [0.25, 0.3) is 0 Å². The molecule has 1 N–H and O–H groups in total. The van der Waals surface area contributed by atoms with Gasteiger partial charge in [0.15, 0.2) is 5.17 Å². The normalized spacial score (nSPS) is 24.0. The van der Waals surface area contributed by atoms with Crippen molar-refractivity contribution in [1.82, 2.24) is 10.4 Å². The highest BCUT2D eigenvalue weighted by Crippen LogP contribution is 2.15. The molecule has 0 amide bonds. The van der Waals surface area contributed by atoms with Crippen molar-refractivity contribution < 1.29 is 0 Å². The summed E-state index contributed by atoms with van der Waals surface area (Å²) < 4.78 is 0. The fourth-order valence-electron chi connectivity index (χ4n) is 0.963. The molecule has 2 aliphatic heterocycles. The van der Waals surface area contributed by atoms with Gasteiger partial charge in [-0.25, -0.2) is 5.43 Å². The third kappa shape index (κ3) is 1.04. The smallest absolute Gasteiger partial charge is 0.178 e. The van der Waals surface area contributed by atoms with Crippen LogP contribution in [0.3, 0.4) is 0 Å². The van der Waals surface area contributed by atoms with Crippen LogP contribution in [0.15, 0.2) is 17.3 Å². The first kappa shape index (κ1) is 6.24. The molecule has 0 aromatic rings. The quantitative estimate of drug-likeness (QED) is 0.549. The van der Waals surface area contributed by atoms with Gasteiger partial charge in [0, 0.05) is 18.5 Å². The van der Waals surface area contributed by atoms with E-state index in [1.54, 1.807) is 11.8 Å². The SMILES string of the molecule is C1=CN(C2=NCCS2)NC1. The zero-order chi connectivity index (χ0) is 6.81. The summed E-state index contributed by atoms with van der Waals surface area (Å²) in [6.07, 6.45) is 4.11. The summed E-state index contributed by atoms with van der Waals surface area (Å²) in [6, 6.07) is 0. The average Bonchev–Trinajstić information content (AvgIpc) is 2.59. The Morgan fingerprint density at radius 1 is 1.70 bits per heavy atom. The molecule has 0 bridgehead atoms. The number of aliphatic imine (C=N–C) groups is 1. The summed E-state index contributed by atoms with van der Waals surface area (Å²) in [6.45, 7) is 1.89. The number of amidine groups is 1. The first-order chi connectivity index (χ1) is 4.97. The van der Waals surface area contributed by atoms with Gasteiger partial charge in [0.2, 0.25) is 0 Å². The zero-order valence-corrected chi connectivity index (χ0v) is 6.40. The van der Waals surface area contributed by atoms with Crippen LogP contribution in [0.5, 0.6) is 0 Å². The molecule has 3 nitrogen and oxygen atoms in total. The Hall–Kier alpha value is -0.480. The van der Waals surface area contributed by atoms with Crippen LogP contribution in [-0.4, -0.2) is 29.0 Å². The molecule has 0 aromatic carbocycles. The second kappa shape index (κ2) is 2.64. The molecular formula is C6H9N3S. The van der Waals surface area contributed by atoms with E-state index in [0.29, 0.717) is 0 Å². The first-order valence-electron chi connectivity index (χ1n) is 3.33. The summed E-state index contributed by atoms with van der Waals surface area (Å²) in [7, 11) is 0. The molecule has 4 heteroatoms. The van der Waals surface area contributed by atoms with E-state index in [-0.39, 0.29) is 0 Å². The molecule has 0 atom stereocenters. The van der Waals surface area contributed by atoms with Crippen LogP contribution < -0.4 is 5.43 Å². The van der Waals surface area contributed by atoms with Crippen LogP contribution in [-0.2, 0) is 0 Å². The van der Waals surface area contributed by atoms with Crippen molar-refractivity contribution in [3.8, 4) is 0 Å². The Bertz CT molecular complexity index is 187. The highest BCUT2D eigenvalue weighted by atomic mass is 32.2. The number of hydrazine groups is 1. The largest absolute Gasteiger partial charge is 0.262 e. The first-order valence-corrected chi connectivity index (χ1v) is 4.32. The summed E-state index contributed by atoms with van der Waals surface area (Å²) in [5, 5.41) is 3.09. The lowest BCUT2D eigenvalue weighted by Crippen LogP contribution is -2.32. The van der Waals surface area contributed by atoms with Crippen LogP contribution >= 0.6 is 11.8 Å². The highest BCUT2D eigenvalue weighted by Gasteiger charge is 2.14. The molecule has 10 heavy (non-hydrogen) atoms. The second-order valence-corrected chi connectivity index (χ2v) is 3.19. The van der Waals surface area contributed by atoms with Crippen molar-refractivity contribution in [2.45, 2.75) is 0 Å². The van der Waals surface area contributed by atoms with Crippen LogP contribution in [0.4, 0.5) is 0 Å². The Labute approximate surface area is 64.2 Å². The summed E-state index contributed by atoms with van der Waals surface area (Å²) in [4.78, 5) is 4.31. The van der Waals surface area contributed by atoms with Crippen LogP contribution in [0, 0.1) is 0 Å². The number of nitrogens with zero attached hydrogens (tertiary/aromatic N) is 2. The number of nitrogens with one attached hydrogen (secondary N) is 1. The van der Waals surface area contributed by atoms with Crippen molar-refractivity contribution in [2.75, 3.05) is 18.8 Å². The number of thioether (sulfide) groups is 1.